The van der Waals surface area contributed by atoms with Gasteiger partial charge in [0.1, 0.15) is 5.76 Å². The van der Waals surface area contributed by atoms with Crippen LogP contribution in [-0.2, 0) is 5.41 Å². The molecule has 1 fully saturated rings. The predicted octanol–water partition coefficient (Wildman–Crippen LogP) is 2.07. The molecule has 60 valence electrons. The molecule has 2 rings (SSSR count). The molecule has 1 N–H and O–H groups in total. The molecule has 1 aliphatic rings. The van der Waals surface area contributed by atoms with Gasteiger partial charge in [0.2, 0.25) is 0 Å². The number of rotatable bonds is 2. The fourth-order valence-corrected chi connectivity index (χ4v) is 1.54. The summed E-state index contributed by atoms with van der Waals surface area (Å²) in [4.78, 5) is 0. The fourth-order valence-electron chi connectivity index (χ4n) is 1.23. The summed E-state index contributed by atoms with van der Waals surface area (Å²) in [5, 5.41) is 9.04. The summed E-state index contributed by atoms with van der Waals surface area (Å²) in [6.07, 6.45) is 2.09. The van der Waals surface area contributed by atoms with E-state index in [9.17, 15) is 0 Å². The van der Waals surface area contributed by atoms with Crippen molar-refractivity contribution in [2.75, 3.05) is 6.61 Å². The number of aliphatic hydroxyl groups excluding tert-OH is 1. The highest BCUT2D eigenvalue weighted by Crippen LogP contribution is 2.48. The second-order valence-electron chi connectivity index (χ2n) is 3.04. The van der Waals surface area contributed by atoms with Crippen LogP contribution in [-0.4, -0.2) is 11.7 Å². The van der Waals surface area contributed by atoms with Crippen LogP contribution in [0.15, 0.2) is 21.2 Å². The Hall–Kier alpha value is -0.280. The average Bonchev–Trinajstić information content (AvgIpc) is 2.70. The summed E-state index contributed by atoms with van der Waals surface area (Å²) in [7, 11) is 0. The second kappa shape index (κ2) is 2.35. The van der Waals surface area contributed by atoms with E-state index < -0.39 is 0 Å². The van der Waals surface area contributed by atoms with E-state index in [-0.39, 0.29) is 12.0 Å². The minimum atomic E-state index is -0.0357. The van der Waals surface area contributed by atoms with Crippen LogP contribution in [0.3, 0.4) is 0 Å². The number of hydrogen-bond acceptors (Lipinski definition) is 2. The normalized spacial score (nSPS) is 20.2. The van der Waals surface area contributed by atoms with Crippen molar-refractivity contribution >= 4 is 15.9 Å². The molecule has 0 radical (unpaired) electrons. The molecule has 0 saturated heterocycles. The lowest BCUT2D eigenvalue weighted by Crippen LogP contribution is -2.10. The third-order valence-electron chi connectivity index (χ3n) is 2.25. The molecule has 1 heterocycles. The number of furan rings is 1. The molecular formula is C8H9BrO2. The Kier molecular flexibility index (Phi) is 1.58. The molecule has 11 heavy (non-hydrogen) atoms. The summed E-state index contributed by atoms with van der Waals surface area (Å²) < 4.78 is 6.10. The standard InChI is InChI=1S/C8H9BrO2/c9-7-2-1-6(11-7)8(5-10)3-4-8/h1-2,10H,3-5H2. The van der Waals surface area contributed by atoms with Crippen molar-refractivity contribution in [3.63, 3.8) is 0 Å². The maximum atomic E-state index is 9.04. The SMILES string of the molecule is OCC1(c2ccc(Br)o2)CC1. The van der Waals surface area contributed by atoms with Crippen molar-refractivity contribution in [3.8, 4) is 0 Å². The minimum absolute atomic E-state index is 0.0357. The highest BCUT2D eigenvalue weighted by atomic mass is 79.9. The van der Waals surface area contributed by atoms with Crippen LogP contribution in [0.1, 0.15) is 18.6 Å². The number of hydrogen-bond donors (Lipinski definition) is 1. The quantitative estimate of drug-likeness (QED) is 0.822. The lowest BCUT2D eigenvalue weighted by atomic mass is 10.1. The van der Waals surface area contributed by atoms with Crippen LogP contribution in [0, 0.1) is 0 Å². The molecule has 0 bridgehead atoms. The summed E-state index contributed by atoms with van der Waals surface area (Å²) in [5.74, 6) is 0.909. The third kappa shape index (κ3) is 1.12. The fraction of sp³-hybridized carbons (Fsp3) is 0.500. The summed E-state index contributed by atoms with van der Waals surface area (Å²) >= 11 is 3.23. The summed E-state index contributed by atoms with van der Waals surface area (Å²) in [6, 6.07) is 3.79. The third-order valence-corrected chi connectivity index (χ3v) is 2.68. The van der Waals surface area contributed by atoms with Gasteiger partial charge < -0.3 is 9.52 Å². The Bertz CT molecular complexity index is 263. The first-order chi connectivity index (χ1) is 5.27. The van der Waals surface area contributed by atoms with E-state index in [1.54, 1.807) is 0 Å². The van der Waals surface area contributed by atoms with Crippen LogP contribution in [0.4, 0.5) is 0 Å². The van der Waals surface area contributed by atoms with Crippen LogP contribution in [0.25, 0.3) is 0 Å². The molecule has 2 nitrogen and oxygen atoms in total. The van der Waals surface area contributed by atoms with Crippen LogP contribution in [0.2, 0.25) is 0 Å². The summed E-state index contributed by atoms with van der Waals surface area (Å²) in [6.45, 7) is 0.201. The van der Waals surface area contributed by atoms with Crippen LogP contribution in [0.5, 0.6) is 0 Å². The minimum Gasteiger partial charge on any atom is -0.454 e. The number of aliphatic hydroxyl groups is 1. The van der Waals surface area contributed by atoms with E-state index in [0.29, 0.717) is 0 Å². The Labute approximate surface area is 73.3 Å². The van der Waals surface area contributed by atoms with Gasteiger partial charge in [0.05, 0.1) is 12.0 Å². The van der Waals surface area contributed by atoms with Crippen molar-refractivity contribution in [2.45, 2.75) is 18.3 Å². The van der Waals surface area contributed by atoms with Crippen molar-refractivity contribution < 1.29 is 9.52 Å². The molecule has 0 unspecified atom stereocenters. The van der Waals surface area contributed by atoms with Gasteiger partial charge in [-0.25, -0.2) is 0 Å². The van der Waals surface area contributed by atoms with Crippen molar-refractivity contribution in [3.05, 3.63) is 22.6 Å². The molecule has 0 spiro atoms. The van der Waals surface area contributed by atoms with E-state index in [4.69, 9.17) is 9.52 Å². The number of halogens is 1. The molecule has 0 aromatic carbocycles. The van der Waals surface area contributed by atoms with Gasteiger partial charge in [0, 0.05) is 0 Å². The molecule has 0 atom stereocenters. The van der Waals surface area contributed by atoms with Gasteiger partial charge in [0.15, 0.2) is 4.67 Å². The van der Waals surface area contributed by atoms with Gasteiger partial charge >= 0.3 is 0 Å². The van der Waals surface area contributed by atoms with E-state index in [1.165, 1.54) is 0 Å². The van der Waals surface area contributed by atoms with Gasteiger partial charge in [-0.15, -0.1) is 0 Å². The zero-order chi connectivity index (χ0) is 7.90. The first-order valence-electron chi connectivity index (χ1n) is 3.63. The molecule has 1 aromatic rings. The van der Waals surface area contributed by atoms with Crippen LogP contribution < -0.4 is 0 Å². The largest absolute Gasteiger partial charge is 0.454 e. The molecule has 1 saturated carbocycles. The van der Waals surface area contributed by atoms with E-state index >= 15 is 0 Å². The van der Waals surface area contributed by atoms with Gasteiger partial charge in [-0.3, -0.25) is 0 Å². The molecule has 0 aliphatic heterocycles. The lowest BCUT2D eigenvalue weighted by Gasteiger charge is -2.05. The molecular weight excluding hydrogens is 208 g/mol. The smallest absolute Gasteiger partial charge is 0.169 e. The van der Waals surface area contributed by atoms with Crippen molar-refractivity contribution in [1.82, 2.24) is 0 Å². The highest BCUT2D eigenvalue weighted by molar-refractivity contribution is 9.10. The highest BCUT2D eigenvalue weighted by Gasteiger charge is 2.46. The average molecular weight is 217 g/mol. The van der Waals surface area contributed by atoms with E-state index in [2.05, 4.69) is 15.9 Å². The van der Waals surface area contributed by atoms with Crippen molar-refractivity contribution in [1.29, 1.82) is 0 Å². The molecule has 3 heteroatoms. The molecule has 1 aromatic heterocycles. The van der Waals surface area contributed by atoms with E-state index in [1.807, 2.05) is 12.1 Å². The summed E-state index contributed by atoms with van der Waals surface area (Å²) in [5.41, 5.74) is -0.0357. The monoisotopic (exact) mass is 216 g/mol. The Morgan fingerprint density at radius 1 is 1.55 bits per heavy atom. The Balaban J connectivity index is 2.29. The zero-order valence-electron chi connectivity index (χ0n) is 6.01. The topological polar surface area (TPSA) is 33.4 Å². The van der Waals surface area contributed by atoms with Gasteiger partial charge in [-0.1, -0.05) is 0 Å². The first kappa shape index (κ1) is 7.37. The maximum Gasteiger partial charge on any atom is 0.169 e. The van der Waals surface area contributed by atoms with Crippen LogP contribution >= 0.6 is 15.9 Å². The Morgan fingerprint density at radius 2 is 2.27 bits per heavy atom. The van der Waals surface area contributed by atoms with Crippen molar-refractivity contribution in [2.24, 2.45) is 0 Å². The van der Waals surface area contributed by atoms with Gasteiger partial charge in [-0.05, 0) is 40.9 Å². The molecule has 1 aliphatic carbocycles. The predicted molar refractivity (Wildman–Crippen MR) is 44.4 cm³/mol. The van der Waals surface area contributed by atoms with Gasteiger partial charge in [0.25, 0.3) is 0 Å². The Morgan fingerprint density at radius 3 is 2.64 bits per heavy atom. The van der Waals surface area contributed by atoms with E-state index in [0.717, 1.165) is 23.3 Å². The van der Waals surface area contributed by atoms with Gasteiger partial charge in [-0.2, -0.15) is 0 Å². The second-order valence-corrected chi connectivity index (χ2v) is 3.82. The first-order valence-corrected chi connectivity index (χ1v) is 4.43. The zero-order valence-corrected chi connectivity index (χ0v) is 7.60. The molecule has 0 amide bonds. The lowest BCUT2D eigenvalue weighted by molar-refractivity contribution is 0.236. The maximum absolute atomic E-state index is 9.04.